The van der Waals surface area contributed by atoms with E-state index in [1.165, 1.54) is 0 Å². The molecule has 4 heterocycles. The second-order valence-electron chi connectivity index (χ2n) is 5.52. The molecule has 112 valence electrons. The zero-order valence-electron chi connectivity index (χ0n) is 12.6. The van der Waals surface area contributed by atoms with Crippen molar-refractivity contribution in [3.8, 4) is 0 Å². The number of anilines is 2. The van der Waals surface area contributed by atoms with Crippen LogP contribution in [0, 0.1) is 0 Å². The smallest absolute Gasteiger partial charge is 0.145 e. The Hall–Kier alpha value is -2.63. The van der Waals surface area contributed by atoms with Gasteiger partial charge in [-0.05, 0) is 18.2 Å². The first-order valence-corrected chi connectivity index (χ1v) is 7.50. The van der Waals surface area contributed by atoms with Gasteiger partial charge < -0.3 is 14.4 Å². The largest absolute Gasteiger partial charge is 0.353 e. The minimum absolute atomic E-state index is 0.942. The summed E-state index contributed by atoms with van der Waals surface area (Å²) < 4.78 is 2.03. The van der Waals surface area contributed by atoms with Gasteiger partial charge in [0.25, 0.3) is 0 Å². The Morgan fingerprint density at radius 1 is 0.909 bits per heavy atom. The van der Waals surface area contributed by atoms with E-state index >= 15 is 0 Å². The fourth-order valence-electron chi connectivity index (χ4n) is 3.00. The van der Waals surface area contributed by atoms with E-state index < -0.39 is 0 Å². The zero-order chi connectivity index (χ0) is 14.9. The van der Waals surface area contributed by atoms with E-state index in [-0.39, 0.29) is 0 Å². The maximum absolute atomic E-state index is 4.51. The molecule has 0 N–H and O–H groups in total. The van der Waals surface area contributed by atoms with Crippen LogP contribution < -0.4 is 9.80 Å². The van der Waals surface area contributed by atoms with Gasteiger partial charge in [0.15, 0.2) is 0 Å². The highest BCUT2D eigenvalue weighted by atomic mass is 15.3. The van der Waals surface area contributed by atoms with Crippen molar-refractivity contribution in [3.05, 3.63) is 43.0 Å². The summed E-state index contributed by atoms with van der Waals surface area (Å²) in [5.74, 6) is 2.08. The second-order valence-corrected chi connectivity index (χ2v) is 5.52. The number of aromatic nitrogens is 4. The summed E-state index contributed by atoms with van der Waals surface area (Å²) in [7, 11) is 2.01. The minimum atomic E-state index is 0.942. The van der Waals surface area contributed by atoms with Gasteiger partial charge in [0.2, 0.25) is 0 Å². The minimum Gasteiger partial charge on any atom is -0.353 e. The molecule has 1 aliphatic heterocycles. The predicted molar refractivity (Wildman–Crippen MR) is 87.2 cm³/mol. The van der Waals surface area contributed by atoms with Crippen LogP contribution >= 0.6 is 0 Å². The molecule has 1 saturated heterocycles. The van der Waals surface area contributed by atoms with Gasteiger partial charge in [-0.2, -0.15) is 0 Å². The monoisotopic (exact) mass is 294 g/mol. The molecule has 6 nitrogen and oxygen atoms in total. The van der Waals surface area contributed by atoms with Crippen LogP contribution in [0.2, 0.25) is 0 Å². The van der Waals surface area contributed by atoms with Gasteiger partial charge in [-0.3, -0.25) is 0 Å². The highest BCUT2D eigenvalue weighted by Gasteiger charge is 2.21. The summed E-state index contributed by atoms with van der Waals surface area (Å²) in [6.45, 7) is 3.79. The molecule has 1 fully saturated rings. The molecule has 3 aromatic heterocycles. The molecule has 6 heteroatoms. The average Bonchev–Trinajstić information content (AvgIpc) is 2.97. The fourth-order valence-corrected chi connectivity index (χ4v) is 3.00. The van der Waals surface area contributed by atoms with E-state index in [1.54, 1.807) is 6.33 Å². The number of fused-ring (bicyclic) bond motifs is 1. The van der Waals surface area contributed by atoms with Crippen LogP contribution in [0.25, 0.3) is 11.0 Å². The van der Waals surface area contributed by atoms with Crippen LogP contribution in [0.15, 0.2) is 43.0 Å². The van der Waals surface area contributed by atoms with Gasteiger partial charge in [-0.15, -0.1) is 0 Å². The Balaban J connectivity index is 1.56. The first kappa shape index (κ1) is 13.1. The molecule has 0 amide bonds. The lowest BCUT2D eigenvalue weighted by molar-refractivity contribution is 0.643. The van der Waals surface area contributed by atoms with E-state index in [1.807, 2.05) is 36.1 Å². The van der Waals surface area contributed by atoms with E-state index in [2.05, 4.69) is 36.9 Å². The molecule has 0 bridgehead atoms. The molecule has 0 aromatic carbocycles. The fraction of sp³-hybridized carbons (Fsp3) is 0.312. The molecule has 1 aliphatic rings. The number of hydrogen-bond acceptors (Lipinski definition) is 5. The lowest BCUT2D eigenvalue weighted by Gasteiger charge is -2.36. The summed E-state index contributed by atoms with van der Waals surface area (Å²) in [6, 6.07) is 8.14. The number of hydrogen-bond donors (Lipinski definition) is 0. The standard InChI is InChI=1S/C16H18N6/c1-20-7-5-13-15(20)18-12-19-16(13)22-10-8-21(9-11-22)14-4-2-3-6-17-14/h2-7,12H,8-11H2,1H3. The number of rotatable bonds is 2. The quantitative estimate of drug-likeness (QED) is 0.720. The summed E-state index contributed by atoms with van der Waals surface area (Å²) >= 11 is 0. The molecule has 4 rings (SSSR count). The van der Waals surface area contributed by atoms with Crippen LogP contribution in [0.5, 0.6) is 0 Å². The Labute approximate surface area is 129 Å². The number of piperazine rings is 1. The van der Waals surface area contributed by atoms with E-state index in [0.29, 0.717) is 0 Å². The zero-order valence-corrected chi connectivity index (χ0v) is 12.6. The van der Waals surface area contributed by atoms with Crippen molar-refractivity contribution < 1.29 is 0 Å². The summed E-state index contributed by atoms with van der Waals surface area (Å²) in [4.78, 5) is 18.0. The number of pyridine rings is 1. The van der Waals surface area contributed by atoms with Crippen LogP contribution in [0.1, 0.15) is 0 Å². The van der Waals surface area contributed by atoms with Gasteiger partial charge in [0.05, 0.1) is 5.39 Å². The van der Waals surface area contributed by atoms with E-state index in [0.717, 1.165) is 48.8 Å². The first-order chi connectivity index (χ1) is 10.8. The Bertz CT molecular complexity index is 774. The van der Waals surface area contributed by atoms with Crippen molar-refractivity contribution >= 4 is 22.7 Å². The van der Waals surface area contributed by atoms with Crippen LogP contribution in [0.3, 0.4) is 0 Å². The van der Waals surface area contributed by atoms with Gasteiger partial charge in [-0.1, -0.05) is 6.07 Å². The molecule has 3 aromatic rings. The Kier molecular flexibility index (Phi) is 3.14. The van der Waals surface area contributed by atoms with Gasteiger partial charge in [0.1, 0.15) is 23.6 Å². The summed E-state index contributed by atoms with van der Waals surface area (Å²) in [6.07, 6.45) is 5.54. The number of aryl methyl sites for hydroxylation is 1. The third kappa shape index (κ3) is 2.16. The predicted octanol–water partition coefficient (Wildman–Crippen LogP) is 1.69. The molecule has 0 spiro atoms. The molecule has 0 atom stereocenters. The molecule has 0 aliphatic carbocycles. The van der Waals surface area contributed by atoms with Crippen molar-refractivity contribution in [3.63, 3.8) is 0 Å². The highest BCUT2D eigenvalue weighted by Crippen LogP contribution is 2.25. The lowest BCUT2D eigenvalue weighted by atomic mass is 10.2. The second kappa shape index (κ2) is 5.29. The van der Waals surface area contributed by atoms with Crippen LogP contribution in [-0.4, -0.2) is 45.7 Å². The molecular formula is C16H18N6. The molecule has 22 heavy (non-hydrogen) atoms. The van der Waals surface area contributed by atoms with Gasteiger partial charge in [0, 0.05) is 45.6 Å². The van der Waals surface area contributed by atoms with E-state index in [4.69, 9.17) is 0 Å². The van der Waals surface area contributed by atoms with Crippen molar-refractivity contribution in [1.82, 2.24) is 19.5 Å². The SMILES string of the molecule is Cn1ccc2c(N3CCN(c4ccccn4)CC3)ncnc21. The van der Waals surface area contributed by atoms with Crippen molar-refractivity contribution in [2.24, 2.45) is 7.05 Å². The third-order valence-electron chi connectivity index (χ3n) is 4.19. The van der Waals surface area contributed by atoms with Gasteiger partial charge >= 0.3 is 0 Å². The highest BCUT2D eigenvalue weighted by molar-refractivity contribution is 5.87. The van der Waals surface area contributed by atoms with Crippen molar-refractivity contribution in [2.45, 2.75) is 0 Å². The summed E-state index contributed by atoms with van der Waals surface area (Å²) in [5.41, 5.74) is 0.983. The maximum Gasteiger partial charge on any atom is 0.145 e. The van der Waals surface area contributed by atoms with Crippen molar-refractivity contribution in [1.29, 1.82) is 0 Å². The van der Waals surface area contributed by atoms with E-state index in [9.17, 15) is 0 Å². The normalized spacial score (nSPS) is 15.5. The molecule has 0 radical (unpaired) electrons. The Morgan fingerprint density at radius 2 is 1.73 bits per heavy atom. The van der Waals surface area contributed by atoms with Gasteiger partial charge in [-0.25, -0.2) is 15.0 Å². The third-order valence-corrected chi connectivity index (χ3v) is 4.19. The first-order valence-electron chi connectivity index (χ1n) is 7.50. The number of nitrogens with zero attached hydrogens (tertiary/aromatic N) is 6. The maximum atomic E-state index is 4.51. The molecular weight excluding hydrogens is 276 g/mol. The Morgan fingerprint density at radius 3 is 2.50 bits per heavy atom. The van der Waals surface area contributed by atoms with Crippen LogP contribution in [0.4, 0.5) is 11.6 Å². The van der Waals surface area contributed by atoms with Crippen molar-refractivity contribution in [2.75, 3.05) is 36.0 Å². The molecule has 0 unspecified atom stereocenters. The lowest BCUT2D eigenvalue weighted by Crippen LogP contribution is -2.47. The summed E-state index contributed by atoms with van der Waals surface area (Å²) in [5, 5.41) is 1.12. The topological polar surface area (TPSA) is 50.1 Å². The average molecular weight is 294 g/mol. The molecule has 0 saturated carbocycles. The van der Waals surface area contributed by atoms with Crippen LogP contribution in [-0.2, 0) is 7.05 Å².